The van der Waals surface area contributed by atoms with Gasteiger partial charge in [-0.2, -0.15) is 47.0 Å². The largest absolute Gasteiger partial charge is 0.480 e. The maximum atomic E-state index is 12.7. The average Bonchev–Trinajstić information content (AvgIpc) is 3.27. The molecule has 0 aromatic carbocycles. The first-order valence-corrected chi connectivity index (χ1v) is 28.4. The van der Waals surface area contributed by atoms with Crippen molar-refractivity contribution >= 4 is 118 Å². The van der Waals surface area contributed by atoms with E-state index in [1.54, 1.807) is 0 Å². The molecule has 21 heteroatoms. The first-order valence-electron chi connectivity index (χ1n) is 23.8. The first kappa shape index (κ1) is 67.5. The summed E-state index contributed by atoms with van der Waals surface area (Å²) in [6, 6.07) is -1.81. The Labute approximate surface area is 427 Å². The molecule has 0 bridgehead atoms. The molecular formula is C47H81N5O11S5. The fraction of sp³-hybridized carbons (Fsp3) is 0.787. The number of ketones is 7. The van der Waals surface area contributed by atoms with Crippen molar-refractivity contribution in [3.63, 3.8) is 0 Å². The Kier molecular flexibility index (Phi) is 42.9. The van der Waals surface area contributed by atoms with Gasteiger partial charge in [-0.1, -0.05) is 13.3 Å². The number of carboxylic acid groups (broad SMARTS) is 1. The number of nitrogens with two attached hydrogens (primary N) is 2. The van der Waals surface area contributed by atoms with Gasteiger partial charge in [0.1, 0.15) is 40.7 Å². The minimum atomic E-state index is -1.22. The number of thioether (sulfide) groups is 4. The molecule has 8 N–H and O–H groups in total. The molecule has 2 aliphatic rings. The summed E-state index contributed by atoms with van der Waals surface area (Å²) in [7, 11) is 0. The van der Waals surface area contributed by atoms with Crippen LogP contribution in [0.2, 0.25) is 0 Å². The number of hydrogen-bond acceptors (Lipinski definition) is 18. The lowest BCUT2D eigenvalue weighted by Crippen LogP contribution is -2.41. The molecule has 2 amide bonds. The van der Waals surface area contributed by atoms with Crippen molar-refractivity contribution in [2.45, 2.75) is 196 Å². The summed E-state index contributed by atoms with van der Waals surface area (Å²) in [4.78, 5) is 115. The van der Waals surface area contributed by atoms with Crippen molar-refractivity contribution in [2.24, 2.45) is 11.5 Å². The molecule has 0 aromatic heterocycles. The number of carboxylic acids is 1. The summed E-state index contributed by atoms with van der Waals surface area (Å²) in [5.74, 6) is 1.55. The zero-order chi connectivity index (χ0) is 51.9. The predicted molar refractivity (Wildman–Crippen MR) is 280 cm³/mol. The van der Waals surface area contributed by atoms with Crippen LogP contribution in [-0.4, -0.2) is 133 Å². The number of aliphatic carboxylic acids is 1. The van der Waals surface area contributed by atoms with Crippen LogP contribution in [0.1, 0.15) is 163 Å². The summed E-state index contributed by atoms with van der Waals surface area (Å²) >= 11 is 11.4. The van der Waals surface area contributed by atoms with Crippen LogP contribution >= 0.6 is 47.0 Å². The molecule has 16 nitrogen and oxygen atoms in total. The van der Waals surface area contributed by atoms with Gasteiger partial charge in [-0.25, -0.2) is 9.57 Å². The normalized spacial score (nSPS) is 17.5. The molecule has 6 atom stereocenters. The summed E-state index contributed by atoms with van der Waals surface area (Å²) < 4.78 is 5.33. The summed E-state index contributed by atoms with van der Waals surface area (Å²) in [5, 5.41) is 17.1. The second-order valence-corrected chi connectivity index (χ2v) is 22.2. The number of Topliss-reactive ketones (excluding diaryl/α,β-unsaturated/α-hetero) is 7. The van der Waals surface area contributed by atoms with Crippen molar-refractivity contribution in [1.29, 1.82) is 4.78 Å². The van der Waals surface area contributed by atoms with Gasteiger partial charge < -0.3 is 46.4 Å². The van der Waals surface area contributed by atoms with E-state index in [1.165, 1.54) is 72.0 Å². The lowest BCUT2D eigenvalue weighted by atomic mass is 9.99. The van der Waals surface area contributed by atoms with Gasteiger partial charge in [-0.15, -0.1) is 0 Å². The molecular weight excluding hydrogens is 971 g/mol. The Hall–Kier alpha value is -2.56. The second kappa shape index (κ2) is 43.2. The number of rotatable bonds is 37. The third kappa shape index (κ3) is 37.3. The lowest BCUT2D eigenvalue weighted by molar-refractivity contribution is -0.142. The molecule has 0 saturated heterocycles. The summed E-state index contributed by atoms with van der Waals surface area (Å²) in [6.07, 6.45) is 10.1. The van der Waals surface area contributed by atoms with E-state index in [9.17, 15) is 47.9 Å². The van der Waals surface area contributed by atoms with Crippen LogP contribution in [0.4, 0.5) is 0 Å². The fourth-order valence-corrected chi connectivity index (χ4v) is 12.1. The number of unbranched alkanes of at least 4 members (excludes halogenated alkanes) is 1. The van der Waals surface area contributed by atoms with E-state index >= 15 is 0 Å². The Morgan fingerprint density at radius 1 is 0.515 bits per heavy atom. The maximum Gasteiger partial charge on any atom is 0.326 e. The van der Waals surface area contributed by atoms with Gasteiger partial charge in [-0.05, 0) is 90.6 Å². The minimum absolute atomic E-state index is 0.00475. The molecule has 0 aliphatic heterocycles. The monoisotopic (exact) mass is 1050 g/mol. The highest BCUT2D eigenvalue weighted by Crippen LogP contribution is 2.41. The highest BCUT2D eigenvalue weighted by atomic mass is 32.2. The van der Waals surface area contributed by atoms with Crippen LogP contribution in [0, 0.1) is 4.78 Å². The van der Waals surface area contributed by atoms with Crippen LogP contribution in [0.15, 0.2) is 0 Å². The molecule has 0 heterocycles. The fourth-order valence-electron chi connectivity index (χ4n) is 6.30. The number of amides is 2. The van der Waals surface area contributed by atoms with Crippen LogP contribution in [0.25, 0.3) is 0 Å². The minimum Gasteiger partial charge on any atom is -0.480 e. The second-order valence-electron chi connectivity index (χ2n) is 16.8. The SMILES string of the molecule is CC(=O)CCC(=O)CCC(=O)N[C@H](CCC(C)=O)C(=O)O.CCCCSC1CCC1SCCCC(=O)[C@@H](CCC(C)=O)NC(=O)CCC(=O)CCC(C)=O.N=S.NCCSC1CCC1SCCN. The molecule has 2 fully saturated rings. The van der Waals surface area contributed by atoms with E-state index in [1.807, 2.05) is 35.3 Å². The average molecular weight is 1050 g/mol. The summed E-state index contributed by atoms with van der Waals surface area (Å²) in [6.45, 7) is 9.47. The van der Waals surface area contributed by atoms with E-state index in [0.29, 0.717) is 18.1 Å². The molecule has 0 radical (unpaired) electrons. The lowest BCUT2D eigenvalue weighted by Gasteiger charge is -2.35. The standard InChI is InChI=1S/C25H41NO5S2.C14H21NO6.C8H18N2S2.HNS/c1-4-5-16-32-23-13-14-24(23)33-17-6-7-22(30)21(12-9-19(3)28)26-25(31)15-11-20(29)10-8-18(2)27;1-9(16)3-5-11(18)6-8-13(19)15-12(14(20)21)7-4-10(2)17;9-3-5-11-7-1-2-8(7)12-6-4-10;1-2/h21,23-24H,4-17H2,1-3H3,(H,26,31);12H,3-8H2,1-2H3,(H,15,19)(H,20,21);7-8H,1-6,9-10H2;1H/t21-,23?,24?;12-;;/m11../s1. The maximum absolute atomic E-state index is 12.7. The third-order valence-corrected chi connectivity index (χ3v) is 16.9. The van der Waals surface area contributed by atoms with Crippen molar-refractivity contribution in [3.05, 3.63) is 0 Å². The third-order valence-electron chi connectivity index (χ3n) is 10.6. The van der Waals surface area contributed by atoms with E-state index in [2.05, 4.69) is 41.7 Å². The number of carbonyl (C=O) groups is 10. The van der Waals surface area contributed by atoms with E-state index < -0.39 is 24.0 Å². The molecule has 4 unspecified atom stereocenters. The van der Waals surface area contributed by atoms with Crippen LogP contribution < -0.4 is 22.1 Å². The van der Waals surface area contributed by atoms with E-state index in [-0.39, 0.29) is 117 Å². The zero-order valence-corrected chi connectivity index (χ0v) is 45.2. The topological polar surface area (TPSA) is 291 Å². The molecule has 2 saturated carbocycles. The number of hydrogen-bond donors (Lipinski definition) is 6. The number of nitrogens with one attached hydrogen (secondary N) is 3. The van der Waals surface area contributed by atoms with Crippen molar-refractivity contribution in [3.8, 4) is 0 Å². The Morgan fingerprint density at radius 2 is 0.853 bits per heavy atom. The number of carbonyl (C=O) groups excluding carboxylic acids is 9. The quantitative estimate of drug-likeness (QED) is 0.0360. The zero-order valence-electron chi connectivity index (χ0n) is 41.1. The van der Waals surface area contributed by atoms with E-state index in [0.717, 1.165) is 52.5 Å². The highest BCUT2D eigenvalue weighted by Gasteiger charge is 2.32. The molecule has 2 rings (SSSR count). The van der Waals surface area contributed by atoms with Crippen molar-refractivity contribution in [1.82, 2.24) is 10.6 Å². The Morgan fingerprint density at radius 3 is 1.19 bits per heavy atom. The predicted octanol–water partition coefficient (Wildman–Crippen LogP) is 6.55. The molecule has 390 valence electrons. The smallest absolute Gasteiger partial charge is 0.326 e. The van der Waals surface area contributed by atoms with Crippen molar-refractivity contribution < 1.29 is 53.1 Å². The first-order chi connectivity index (χ1) is 32.3. The van der Waals surface area contributed by atoms with Gasteiger partial charge in [0, 0.05) is 129 Å². The van der Waals surface area contributed by atoms with Gasteiger partial charge in [-0.3, -0.25) is 24.0 Å². The molecule has 68 heavy (non-hydrogen) atoms. The highest BCUT2D eigenvalue weighted by molar-refractivity contribution is 8.04. The summed E-state index contributed by atoms with van der Waals surface area (Å²) in [5.41, 5.74) is 10.9. The molecule has 0 aromatic rings. The van der Waals surface area contributed by atoms with Gasteiger partial charge in [0.2, 0.25) is 11.8 Å². The Bertz CT molecular complexity index is 1550. The van der Waals surface area contributed by atoms with E-state index in [4.69, 9.17) is 21.4 Å². The van der Waals surface area contributed by atoms with Crippen LogP contribution in [-0.2, 0) is 60.4 Å². The van der Waals surface area contributed by atoms with Crippen molar-refractivity contribution in [2.75, 3.05) is 36.1 Å². The van der Waals surface area contributed by atoms with Gasteiger partial charge in [0.25, 0.3) is 0 Å². The van der Waals surface area contributed by atoms with Gasteiger partial charge in [0.15, 0.2) is 5.78 Å². The van der Waals surface area contributed by atoms with Crippen LogP contribution in [0.3, 0.4) is 0 Å². The van der Waals surface area contributed by atoms with Gasteiger partial charge >= 0.3 is 5.97 Å². The molecule has 0 spiro atoms. The van der Waals surface area contributed by atoms with Crippen LogP contribution in [0.5, 0.6) is 0 Å². The Balaban J connectivity index is 0. The van der Waals surface area contributed by atoms with Gasteiger partial charge in [0.05, 0.1) is 6.04 Å². The molecule has 2 aliphatic carbocycles.